The molecule has 0 bridgehead atoms. The monoisotopic (exact) mass is 420 g/mol. The van der Waals surface area contributed by atoms with E-state index in [9.17, 15) is 9.59 Å². The standard InChI is InChI=1S/C27H32O4/c1-5-31-22(29)8-11-27(30-4)21-14-18(21)24-23-17-13-16(17)20-12-15(28)6-9-25(20,2)19(23)7-10-26(24,27)3/h12,18-19,21,23-24H,5-7,9-10,13-14H2,1-4H3/t18-,19?,21+,23?,24?,25-,26?,27+/m1/s1. The third kappa shape index (κ3) is 2.31. The van der Waals surface area contributed by atoms with E-state index in [2.05, 4.69) is 25.7 Å². The molecule has 6 aliphatic rings. The van der Waals surface area contributed by atoms with Gasteiger partial charge in [0.1, 0.15) is 5.60 Å². The van der Waals surface area contributed by atoms with E-state index in [0.717, 1.165) is 32.1 Å². The van der Waals surface area contributed by atoms with Gasteiger partial charge in [-0.3, -0.25) is 4.79 Å². The van der Waals surface area contributed by atoms with Crippen LogP contribution in [0.15, 0.2) is 22.8 Å². The summed E-state index contributed by atoms with van der Waals surface area (Å²) in [5.41, 5.74) is 4.00. The summed E-state index contributed by atoms with van der Waals surface area (Å²) >= 11 is 0. The number of carbonyl (C=O) groups is 2. The van der Waals surface area contributed by atoms with Crippen LogP contribution in [0, 0.1) is 52.3 Å². The Kier molecular flexibility index (Phi) is 3.92. The first-order chi connectivity index (χ1) is 14.8. The molecular weight excluding hydrogens is 388 g/mol. The van der Waals surface area contributed by atoms with Gasteiger partial charge in [0.2, 0.25) is 0 Å². The number of hydrogen-bond donors (Lipinski definition) is 0. The number of fused-ring (bicyclic) bond motifs is 9. The first-order valence-electron chi connectivity index (χ1n) is 12.0. The van der Waals surface area contributed by atoms with Gasteiger partial charge in [0.25, 0.3) is 0 Å². The van der Waals surface area contributed by atoms with Gasteiger partial charge in [-0.25, -0.2) is 4.79 Å². The molecule has 0 aromatic rings. The summed E-state index contributed by atoms with van der Waals surface area (Å²) in [5, 5.41) is 0. The molecule has 0 spiro atoms. The van der Waals surface area contributed by atoms with Crippen molar-refractivity contribution in [2.45, 2.75) is 64.9 Å². The zero-order chi connectivity index (χ0) is 21.8. The van der Waals surface area contributed by atoms with Crippen LogP contribution in [0.4, 0.5) is 0 Å². The van der Waals surface area contributed by atoms with Crippen molar-refractivity contribution in [3.8, 4) is 11.8 Å². The molecule has 6 rings (SSSR count). The molecule has 4 nitrogen and oxygen atoms in total. The molecule has 3 fully saturated rings. The molecule has 0 amide bonds. The van der Waals surface area contributed by atoms with Crippen LogP contribution in [-0.2, 0) is 19.1 Å². The Balaban J connectivity index is 1.43. The lowest BCUT2D eigenvalue weighted by Crippen LogP contribution is -2.56. The molecular formula is C27H32O4. The van der Waals surface area contributed by atoms with Crippen LogP contribution in [0.25, 0.3) is 0 Å². The van der Waals surface area contributed by atoms with Gasteiger partial charge < -0.3 is 9.47 Å². The molecule has 6 aliphatic carbocycles. The Morgan fingerprint density at radius 3 is 2.81 bits per heavy atom. The first-order valence-corrected chi connectivity index (χ1v) is 12.0. The molecule has 0 heterocycles. The molecule has 0 aromatic heterocycles. The normalized spacial score (nSPS) is 48.2. The van der Waals surface area contributed by atoms with E-state index in [-0.39, 0.29) is 10.8 Å². The Labute approximate surface area is 184 Å². The fraction of sp³-hybridized carbons (Fsp3) is 0.704. The lowest BCUT2D eigenvalue weighted by molar-refractivity contribution is -0.136. The summed E-state index contributed by atoms with van der Waals surface area (Å²) in [6, 6.07) is 0. The highest BCUT2D eigenvalue weighted by Gasteiger charge is 2.78. The van der Waals surface area contributed by atoms with Crippen LogP contribution in [0.2, 0.25) is 0 Å². The third-order valence-electron chi connectivity index (χ3n) is 10.1. The summed E-state index contributed by atoms with van der Waals surface area (Å²) in [4.78, 5) is 24.3. The average Bonchev–Trinajstić information content (AvgIpc) is 3.64. The summed E-state index contributed by atoms with van der Waals surface area (Å²) < 4.78 is 11.4. The van der Waals surface area contributed by atoms with E-state index in [4.69, 9.17) is 9.47 Å². The zero-order valence-corrected chi connectivity index (χ0v) is 19.0. The van der Waals surface area contributed by atoms with E-state index < -0.39 is 11.6 Å². The predicted molar refractivity (Wildman–Crippen MR) is 116 cm³/mol. The first kappa shape index (κ1) is 19.8. The number of ether oxygens (including phenoxy) is 2. The lowest BCUT2D eigenvalue weighted by Gasteiger charge is -2.58. The molecule has 0 radical (unpaired) electrons. The molecule has 0 saturated heterocycles. The highest BCUT2D eigenvalue weighted by atomic mass is 16.5. The molecule has 3 saturated carbocycles. The summed E-state index contributed by atoms with van der Waals surface area (Å²) in [6.07, 6.45) is 8.11. The van der Waals surface area contributed by atoms with Crippen LogP contribution in [0.3, 0.4) is 0 Å². The van der Waals surface area contributed by atoms with E-state index in [1.807, 2.05) is 13.0 Å². The summed E-state index contributed by atoms with van der Waals surface area (Å²) in [7, 11) is 1.78. The Bertz CT molecular complexity index is 1020. The summed E-state index contributed by atoms with van der Waals surface area (Å²) in [6.45, 7) is 6.96. The van der Waals surface area contributed by atoms with E-state index in [1.165, 1.54) is 11.1 Å². The second kappa shape index (κ2) is 6.13. The molecule has 0 aromatic carbocycles. The van der Waals surface area contributed by atoms with E-state index in [0.29, 0.717) is 48.4 Å². The Morgan fingerprint density at radius 1 is 1.26 bits per heavy atom. The van der Waals surface area contributed by atoms with Crippen molar-refractivity contribution in [3.63, 3.8) is 0 Å². The molecule has 4 unspecified atom stereocenters. The minimum atomic E-state index is -0.560. The van der Waals surface area contributed by atoms with Crippen molar-refractivity contribution in [1.29, 1.82) is 0 Å². The number of ketones is 1. The highest BCUT2D eigenvalue weighted by molar-refractivity contribution is 5.93. The SMILES string of the molecule is CCOC(=O)C#C[C@]1(OC)[C@H]2C[C@H]2C2C3C4=C(C4)C4=CC(=O)CC[C@]4(C)C3CCC21C. The van der Waals surface area contributed by atoms with Gasteiger partial charge in [0.15, 0.2) is 5.78 Å². The van der Waals surface area contributed by atoms with Crippen LogP contribution >= 0.6 is 0 Å². The minimum absolute atomic E-state index is 0.0568. The largest absolute Gasteiger partial charge is 0.456 e. The van der Waals surface area contributed by atoms with Crippen molar-refractivity contribution in [1.82, 2.24) is 0 Å². The van der Waals surface area contributed by atoms with E-state index in [1.54, 1.807) is 12.7 Å². The molecule has 31 heavy (non-hydrogen) atoms. The van der Waals surface area contributed by atoms with Crippen LogP contribution in [0.1, 0.15) is 59.3 Å². The second-order valence-electron chi connectivity index (χ2n) is 11.2. The fourth-order valence-corrected chi connectivity index (χ4v) is 8.75. The zero-order valence-electron chi connectivity index (χ0n) is 19.0. The molecule has 8 atom stereocenters. The number of carbonyl (C=O) groups excluding carboxylic acids is 2. The molecule has 4 heteroatoms. The fourth-order valence-electron chi connectivity index (χ4n) is 8.75. The highest BCUT2D eigenvalue weighted by Crippen LogP contribution is 2.79. The number of rotatable bonds is 2. The smallest absolute Gasteiger partial charge is 0.384 e. The quantitative estimate of drug-likeness (QED) is 0.381. The number of methoxy groups -OCH3 is 1. The van der Waals surface area contributed by atoms with Gasteiger partial charge in [-0.05, 0) is 85.3 Å². The van der Waals surface area contributed by atoms with Crippen molar-refractivity contribution in [2.75, 3.05) is 13.7 Å². The maximum atomic E-state index is 12.2. The van der Waals surface area contributed by atoms with Gasteiger partial charge in [-0.15, -0.1) is 0 Å². The molecule has 0 aliphatic heterocycles. The maximum Gasteiger partial charge on any atom is 0.384 e. The average molecular weight is 421 g/mol. The van der Waals surface area contributed by atoms with Crippen molar-refractivity contribution < 1.29 is 19.1 Å². The van der Waals surface area contributed by atoms with E-state index >= 15 is 0 Å². The predicted octanol–water partition coefficient (Wildman–Crippen LogP) is 4.25. The summed E-state index contributed by atoms with van der Waals surface area (Å²) in [5.74, 6) is 8.77. The maximum absolute atomic E-state index is 12.2. The van der Waals surface area contributed by atoms with Gasteiger partial charge in [-0.2, -0.15) is 0 Å². The van der Waals surface area contributed by atoms with Gasteiger partial charge in [-0.1, -0.05) is 25.3 Å². The lowest BCUT2D eigenvalue weighted by atomic mass is 9.47. The van der Waals surface area contributed by atoms with Crippen LogP contribution in [-0.4, -0.2) is 31.1 Å². The van der Waals surface area contributed by atoms with Crippen molar-refractivity contribution >= 4 is 11.8 Å². The van der Waals surface area contributed by atoms with Crippen LogP contribution < -0.4 is 0 Å². The molecule has 0 N–H and O–H groups in total. The topological polar surface area (TPSA) is 52.6 Å². The third-order valence-corrected chi connectivity index (χ3v) is 10.1. The van der Waals surface area contributed by atoms with Gasteiger partial charge in [0, 0.05) is 30.8 Å². The molecule has 164 valence electrons. The number of allylic oxidation sites excluding steroid dienone is 4. The Morgan fingerprint density at radius 2 is 2.06 bits per heavy atom. The second-order valence-corrected chi connectivity index (χ2v) is 11.2. The van der Waals surface area contributed by atoms with Gasteiger partial charge >= 0.3 is 5.97 Å². The van der Waals surface area contributed by atoms with Crippen LogP contribution in [0.5, 0.6) is 0 Å². The Hall–Kier alpha value is -1.86. The van der Waals surface area contributed by atoms with Crippen molar-refractivity contribution in [2.24, 2.45) is 40.4 Å². The van der Waals surface area contributed by atoms with Gasteiger partial charge in [0.05, 0.1) is 6.61 Å². The minimum Gasteiger partial charge on any atom is -0.456 e. The van der Waals surface area contributed by atoms with Crippen molar-refractivity contribution in [3.05, 3.63) is 22.8 Å². The number of esters is 1. The number of hydrogen-bond acceptors (Lipinski definition) is 4.